The number of aliphatic hydroxyl groups excluding tert-OH is 18. The van der Waals surface area contributed by atoms with Crippen molar-refractivity contribution in [2.45, 2.75) is 417 Å². The zero-order valence-electron chi connectivity index (χ0n) is 67.0. The second-order valence-corrected chi connectivity index (χ2v) is 31.4. The van der Waals surface area contributed by atoms with E-state index in [9.17, 15) is 106 Å². The number of hydrogen-bond donors (Lipinski definition) is 21. The van der Waals surface area contributed by atoms with Crippen molar-refractivity contribution >= 4 is 17.7 Å². The molecular formula is C78H141N3O33. The molecule has 12 unspecified atom stereocenters. The van der Waals surface area contributed by atoms with Gasteiger partial charge in [-0.25, -0.2) is 0 Å². The van der Waals surface area contributed by atoms with E-state index in [0.717, 1.165) is 65.2 Å². The molecule has 0 saturated carbocycles. The average Bonchev–Trinajstić information content (AvgIpc) is 0.777. The fourth-order valence-corrected chi connectivity index (χ4v) is 15.4. The molecule has 6 rings (SSSR count). The van der Waals surface area contributed by atoms with Gasteiger partial charge in [0, 0.05) is 20.3 Å². The van der Waals surface area contributed by atoms with E-state index in [4.69, 9.17) is 56.8 Å². The number of amides is 3. The van der Waals surface area contributed by atoms with Crippen LogP contribution in [-0.4, -0.2) is 352 Å². The summed E-state index contributed by atoms with van der Waals surface area (Å²) in [6.45, 7) is 0.437. The minimum absolute atomic E-state index is 0.184. The Kier molecular flexibility index (Phi) is 47.0. The summed E-state index contributed by atoms with van der Waals surface area (Å²) in [4.78, 5) is 38.7. The number of nitrogens with one attached hydrogen (secondary N) is 3. The van der Waals surface area contributed by atoms with E-state index < -0.39 is 254 Å². The molecule has 6 fully saturated rings. The van der Waals surface area contributed by atoms with Crippen molar-refractivity contribution in [3.8, 4) is 0 Å². The molecule has 36 nitrogen and oxygen atoms in total. The number of allylic oxidation sites excluding steroid dienone is 1. The summed E-state index contributed by atoms with van der Waals surface area (Å²) < 4.78 is 70.4. The molecule has 0 aliphatic carbocycles. The summed E-state index contributed by atoms with van der Waals surface area (Å²) in [5.41, 5.74) is 0. The lowest BCUT2D eigenvalue weighted by molar-refractivity contribution is -0.387. The van der Waals surface area contributed by atoms with Crippen LogP contribution >= 0.6 is 0 Å². The first-order valence-corrected chi connectivity index (χ1v) is 42.0. The van der Waals surface area contributed by atoms with Gasteiger partial charge in [-0.15, -0.1) is 0 Å². The standard InChI is InChI=1S/C78H141N3O33/c1-5-7-9-11-13-15-17-19-20-21-22-24-26-28-30-32-34-36-54(90)81-46(47(89)35-33-31-29-27-25-23-18-16-14-12-10-8-6-2)42-103-75-66(100)63(97)70(51(40-85)108-75)112-77-67(101)64(98)71(52(41-86)109-77)113-78-68(102)72(59(93)49(38-83)106-78)114-74-55(79-44(3)87)60(94)58(92)53(110-74)43-104-73-56(80-45(4)88)61(95)69(50(39-84)107-73)111-76-65(99)62(96)57(91)48(37-82)105-76/h33,35,46-53,55-78,82-86,89,91-102H,5-32,34,36-43H2,1-4H3,(H,79,87)(H,80,88)(H,81,90)/b35-33+/t46-,47+,48?,49?,50?,51?,52?,53?,55?,56?,57-,58-,59-,60+,61+,62-,63+,64+,65?,66?,67?,68?,69+,70+,71-,72-,73+,74-,75+,76-,77-,78-/m0/s1. The maximum Gasteiger partial charge on any atom is 0.220 e. The predicted molar refractivity (Wildman–Crippen MR) is 403 cm³/mol. The Hall–Kier alpha value is -3.05. The first-order valence-electron chi connectivity index (χ1n) is 42.0. The highest BCUT2D eigenvalue weighted by atomic mass is 16.8. The van der Waals surface area contributed by atoms with E-state index in [1.54, 1.807) is 6.08 Å². The quantitative estimate of drug-likeness (QED) is 0.0240. The van der Waals surface area contributed by atoms with Gasteiger partial charge in [-0.2, -0.15) is 0 Å². The van der Waals surface area contributed by atoms with Crippen LogP contribution in [0.3, 0.4) is 0 Å². The average molecular weight is 1650 g/mol. The summed E-state index contributed by atoms with van der Waals surface area (Å²) in [6.07, 6.45) is -16.9. The third-order valence-electron chi connectivity index (χ3n) is 22.2. The van der Waals surface area contributed by atoms with Crippen LogP contribution in [0.4, 0.5) is 0 Å². The SMILES string of the molecule is CCCCCCCCCCCCC/C=C/[C@@H](O)[C@H](CO[C@@H]1OC(CO)[C@@H](O[C@@H]2OC(CO)[C@H](O[C@@H]3OC(CO)[C@H](O)[C@H](O[C@@H]4OC(CO[C@@H]5OC(CO)[C@@H](O[C@@H]6OC(CO)[C@H](O)[C@H](O)C6O)[C@H](O)C5NC(C)=O)[C@H](O)[C@H](O)C4NC(C)=O)C3O)[C@H](O)C2O)[C@H](O)C1O)NC(=O)CCCCCCCCCCCCCCCCCCC. The molecule has 6 aliphatic rings. The predicted octanol–water partition coefficient (Wildman–Crippen LogP) is -1.64. The monoisotopic (exact) mass is 1650 g/mol. The van der Waals surface area contributed by atoms with Gasteiger partial charge < -0.3 is 165 Å². The molecule has 0 spiro atoms. The topological polar surface area (TPSA) is 562 Å². The molecule has 36 heteroatoms. The Morgan fingerprint density at radius 2 is 0.702 bits per heavy atom. The Morgan fingerprint density at radius 3 is 1.16 bits per heavy atom. The Morgan fingerprint density at radius 1 is 0.351 bits per heavy atom. The lowest BCUT2D eigenvalue weighted by Gasteiger charge is -2.49. The molecule has 0 aromatic rings. The summed E-state index contributed by atoms with van der Waals surface area (Å²) in [5, 5.41) is 207. The highest BCUT2D eigenvalue weighted by molar-refractivity contribution is 5.76. The van der Waals surface area contributed by atoms with Gasteiger partial charge in [-0.1, -0.05) is 193 Å². The maximum atomic E-state index is 13.5. The van der Waals surface area contributed by atoms with Gasteiger partial charge in [-0.3, -0.25) is 14.4 Å². The zero-order chi connectivity index (χ0) is 83.4. The van der Waals surface area contributed by atoms with Crippen LogP contribution < -0.4 is 16.0 Å². The molecule has 32 atom stereocenters. The number of hydrogen-bond acceptors (Lipinski definition) is 33. The largest absolute Gasteiger partial charge is 0.394 e. The molecule has 0 aromatic carbocycles. The normalized spacial score (nSPS) is 36.8. The molecule has 6 saturated heterocycles. The summed E-state index contributed by atoms with van der Waals surface area (Å²) in [5.74, 6) is -1.94. The fourth-order valence-electron chi connectivity index (χ4n) is 15.4. The van der Waals surface area contributed by atoms with Crippen molar-refractivity contribution < 1.29 is 163 Å². The van der Waals surface area contributed by atoms with Crippen LogP contribution in [0, 0.1) is 0 Å². The van der Waals surface area contributed by atoms with Crippen molar-refractivity contribution in [1.82, 2.24) is 16.0 Å². The Bertz CT molecular complexity index is 2630. The molecule has 0 aromatic heterocycles. The van der Waals surface area contributed by atoms with Gasteiger partial charge >= 0.3 is 0 Å². The fraction of sp³-hybridized carbons (Fsp3) is 0.936. The minimum Gasteiger partial charge on any atom is -0.394 e. The molecule has 0 bridgehead atoms. The van der Waals surface area contributed by atoms with Gasteiger partial charge in [0.25, 0.3) is 0 Å². The molecule has 3 amide bonds. The van der Waals surface area contributed by atoms with E-state index in [-0.39, 0.29) is 12.3 Å². The van der Waals surface area contributed by atoms with E-state index in [0.29, 0.717) is 12.8 Å². The van der Waals surface area contributed by atoms with Gasteiger partial charge in [0.2, 0.25) is 17.7 Å². The maximum absolute atomic E-state index is 13.5. The van der Waals surface area contributed by atoms with Crippen LogP contribution in [0.1, 0.15) is 220 Å². The van der Waals surface area contributed by atoms with E-state index in [1.165, 1.54) is 122 Å². The van der Waals surface area contributed by atoms with Crippen molar-refractivity contribution in [3.05, 3.63) is 12.2 Å². The third kappa shape index (κ3) is 30.8. The molecular weight excluding hydrogens is 1510 g/mol. The molecule has 666 valence electrons. The van der Waals surface area contributed by atoms with Crippen LogP contribution in [0.2, 0.25) is 0 Å². The summed E-state index contributed by atoms with van der Waals surface area (Å²) in [7, 11) is 0. The van der Waals surface area contributed by atoms with Gasteiger partial charge in [-0.05, 0) is 19.3 Å². The molecule has 6 aliphatic heterocycles. The van der Waals surface area contributed by atoms with Crippen LogP contribution in [0.25, 0.3) is 0 Å². The third-order valence-corrected chi connectivity index (χ3v) is 22.2. The molecule has 21 N–H and O–H groups in total. The lowest BCUT2D eigenvalue weighted by Crippen LogP contribution is -2.69. The molecule has 0 radical (unpaired) electrons. The highest BCUT2D eigenvalue weighted by Crippen LogP contribution is 2.37. The van der Waals surface area contributed by atoms with Gasteiger partial charge in [0.15, 0.2) is 37.7 Å². The second-order valence-electron chi connectivity index (χ2n) is 31.4. The Balaban J connectivity index is 1.05. The number of unbranched alkanes of at least 4 members (excludes halogenated alkanes) is 27. The zero-order valence-corrected chi connectivity index (χ0v) is 67.0. The lowest BCUT2D eigenvalue weighted by atomic mass is 9.94. The Labute approximate surface area is 669 Å². The summed E-state index contributed by atoms with van der Waals surface area (Å²) >= 11 is 0. The van der Waals surface area contributed by atoms with Crippen LogP contribution in [0.5, 0.6) is 0 Å². The van der Waals surface area contributed by atoms with Crippen molar-refractivity contribution in [3.63, 3.8) is 0 Å². The van der Waals surface area contributed by atoms with Crippen molar-refractivity contribution in [1.29, 1.82) is 0 Å². The number of aliphatic hydroxyl groups is 18. The minimum atomic E-state index is -2.24. The second kappa shape index (κ2) is 53.7. The number of carbonyl (C=O) groups is 3. The number of carbonyl (C=O) groups excluding carboxylic acids is 3. The molecule has 6 heterocycles. The number of ether oxygens (including phenoxy) is 12. The highest BCUT2D eigenvalue weighted by Gasteiger charge is 2.58. The number of rotatable bonds is 54. The van der Waals surface area contributed by atoms with E-state index in [1.807, 2.05) is 6.08 Å². The molecule has 114 heavy (non-hydrogen) atoms. The van der Waals surface area contributed by atoms with Crippen molar-refractivity contribution in [2.75, 3.05) is 46.2 Å². The van der Waals surface area contributed by atoms with Crippen LogP contribution in [0.15, 0.2) is 12.2 Å². The summed E-state index contributed by atoms with van der Waals surface area (Å²) in [6, 6.07) is -4.44. The first-order chi connectivity index (χ1) is 54.8. The van der Waals surface area contributed by atoms with E-state index in [2.05, 4.69) is 29.8 Å². The van der Waals surface area contributed by atoms with Gasteiger partial charge in [0.05, 0.1) is 58.4 Å². The van der Waals surface area contributed by atoms with Crippen molar-refractivity contribution in [2.24, 2.45) is 0 Å². The first kappa shape index (κ1) is 99.8. The smallest absolute Gasteiger partial charge is 0.220 e. The van der Waals surface area contributed by atoms with E-state index >= 15 is 0 Å². The van der Waals surface area contributed by atoms with Gasteiger partial charge in [0.1, 0.15) is 146 Å². The van der Waals surface area contributed by atoms with Crippen LogP contribution in [-0.2, 0) is 71.2 Å².